The number of hydrogen-bond donors (Lipinski definition) is 0. The topological polar surface area (TPSA) is 20.3 Å². The molecule has 0 bridgehead atoms. The van der Waals surface area contributed by atoms with Crippen molar-refractivity contribution >= 4 is 35.1 Å². The Hall–Kier alpha value is -2.49. The van der Waals surface area contributed by atoms with Gasteiger partial charge in [0.2, 0.25) is 0 Å². The molecule has 1 aromatic carbocycles. The van der Waals surface area contributed by atoms with Gasteiger partial charge in [0.25, 0.3) is 0 Å². The van der Waals surface area contributed by atoms with E-state index in [0.717, 1.165) is 38.2 Å². The maximum atomic E-state index is 7.75. The number of pyridine rings is 1. The lowest BCUT2D eigenvalue weighted by Crippen LogP contribution is -2.62. The first-order chi connectivity index (χ1) is 12.7. The first-order valence-corrected chi connectivity index (χ1v) is 8.11. The monoisotopic (exact) mass is 320 g/mol. The summed E-state index contributed by atoms with van der Waals surface area (Å²) in [6.45, 7) is 1.81. The number of fused-ring (bicyclic) bond motifs is 3. The molecule has 24 heavy (non-hydrogen) atoms. The third kappa shape index (κ3) is 2.09. The maximum Gasteiger partial charge on any atom is 0.402 e. The SMILES string of the molecule is [2H]C([2H])([2H])c1c[n+](C)c(B2C(C)=c3oc4ccccc4c3=CN2C)cc1C. The van der Waals surface area contributed by atoms with Crippen molar-refractivity contribution in [1.82, 2.24) is 4.81 Å². The number of furan rings is 1. The number of para-hydroxylation sites is 1. The summed E-state index contributed by atoms with van der Waals surface area (Å²) in [5, 5.41) is 2.20. The number of hydrogen-bond acceptors (Lipinski definition) is 2. The van der Waals surface area contributed by atoms with Crippen molar-refractivity contribution < 1.29 is 13.1 Å². The van der Waals surface area contributed by atoms with Gasteiger partial charge in [0, 0.05) is 26.3 Å². The molecule has 3 nitrogen and oxygen atoms in total. The fourth-order valence-electron chi connectivity index (χ4n) is 3.67. The lowest BCUT2D eigenvalue weighted by atomic mass is 9.50. The lowest BCUT2D eigenvalue weighted by Gasteiger charge is -2.24. The highest BCUT2D eigenvalue weighted by Crippen LogP contribution is 2.13. The van der Waals surface area contributed by atoms with Crippen molar-refractivity contribution in [3.8, 4) is 0 Å². The van der Waals surface area contributed by atoms with Gasteiger partial charge in [-0.1, -0.05) is 18.2 Å². The molecule has 0 amide bonds. The molecule has 0 saturated heterocycles. The average Bonchev–Trinajstić information content (AvgIpc) is 2.95. The molecule has 0 atom stereocenters. The lowest BCUT2D eigenvalue weighted by molar-refractivity contribution is -0.654. The molecular weight excluding hydrogens is 295 g/mol. The minimum Gasteiger partial charge on any atom is -0.457 e. The van der Waals surface area contributed by atoms with Gasteiger partial charge in [0.1, 0.15) is 18.0 Å². The maximum absolute atomic E-state index is 7.75. The summed E-state index contributed by atoms with van der Waals surface area (Å²) in [7, 11) is 3.95. The predicted octanol–water partition coefficient (Wildman–Crippen LogP) is 1.17. The summed E-state index contributed by atoms with van der Waals surface area (Å²) in [4.78, 5) is 2.17. The van der Waals surface area contributed by atoms with E-state index >= 15 is 0 Å². The minimum atomic E-state index is -2.12. The quantitative estimate of drug-likeness (QED) is 0.495. The van der Waals surface area contributed by atoms with Crippen molar-refractivity contribution in [3.05, 3.63) is 58.3 Å². The number of benzene rings is 1. The molecule has 0 aliphatic carbocycles. The van der Waals surface area contributed by atoms with E-state index in [-0.39, 0.29) is 6.85 Å². The molecule has 0 fully saturated rings. The zero-order chi connectivity index (χ0) is 19.5. The van der Waals surface area contributed by atoms with E-state index in [1.54, 1.807) is 6.20 Å². The van der Waals surface area contributed by atoms with Crippen LogP contribution in [0, 0.1) is 13.8 Å². The molecule has 1 aliphatic heterocycles. The van der Waals surface area contributed by atoms with E-state index in [4.69, 9.17) is 8.53 Å². The van der Waals surface area contributed by atoms with Crippen LogP contribution in [0.5, 0.6) is 0 Å². The van der Waals surface area contributed by atoms with Crippen LogP contribution in [0.4, 0.5) is 0 Å². The van der Waals surface area contributed by atoms with Gasteiger partial charge in [-0.3, -0.25) is 0 Å². The molecule has 2 aromatic heterocycles. The van der Waals surface area contributed by atoms with Crippen LogP contribution in [0.15, 0.2) is 40.9 Å². The molecule has 0 radical (unpaired) electrons. The third-order valence-electron chi connectivity index (χ3n) is 4.94. The van der Waals surface area contributed by atoms with E-state index in [2.05, 4.69) is 24.0 Å². The fourth-order valence-corrected chi connectivity index (χ4v) is 3.67. The second-order valence-corrected chi connectivity index (χ2v) is 6.63. The highest BCUT2D eigenvalue weighted by molar-refractivity contribution is 6.85. The van der Waals surface area contributed by atoms with E-state index < -0.39 is 6.85 Å². The summed E-state index contributed by atoms with van der Waals surface area (Å²) >= 11 is 0. The second-order valence-electron chi connectivity index (χ2n) is 6.63. The summed E-state index contributed by atoms with van der Waals surface area (Å²) in [6.07, 6.45) is 3.85. The summed E-state index contributed by atoms with van der Waals surface area (Å²) in [5.41, 5.74) is 5.09. The second kappa shape index (κ2) is 5.27. The molecule has 0 spiro atoms. The molecule has 120 valence electrons. The van der Waals surface area contributed by atoms with Crippen LogP contribution in [0.1, 0.15) is 22.2 Å². The number of nitrogens with zero attached hydrogens (tertiary/aromatic N) is 2. The van der Waals surface area contributed by atoms with Crippen molar-refractivity contribution in [3.63, 3.8) is 0 Å². The molecule has 0 N–H and O–H groups in total. The van der Waals surface area contributed by atoms with E-state index in [0.29, 0.717) is 5.56 Å². The van der Waals surface area contributed by atoms with Gasteiger partial charge in [0.15, 0.2) is 11.8 Å². The van der Waals surface area contributed by atoms with E-state index in [1.807, 2.05) is 49.9 Å². The molecule has 1 aliphatic rings. The normalized spacial score (nSPS) is 16.5. The Bertz CT molecular complexity index is 1180. The van der Waals surface area contributed by atoms with Gasteiger partial charge in [-0.05, 0) is 51.0 Å². The number of aryl methyl sites for hydroxylation is 3. The van der Waals surface area contributed by atoms with Crippen LogP contribution >= 0.6 is 0 Å². The highest BCUT2D eigenvalue weighted by Gasteiger charge is 2.35. The summed E-state index contributed by atoms with van der Waals surface area (Å²) < 4.78 is 31.3. The summed E-state index contributed by atoms with van der Waals surface area (Å²) in [6, 6.07) is 10.0. The van der Waals surface area contributed by atoms with Gasteiger partial charge < -0.3 is 9.23 Å². The fraction of sp³-hybridized carbons (Fsp3) is 0.250. The molecule has 0 unspecified atom stereocenters. The van der Waals surface area contributed by atoms with Crippen molar-refractivity contribution in [2.45, 2.75) is 20.7 Å². The molecule has 3 heterocycles. The standard InChI is InChI=1S/C20H22BN2O/c1-13-10-19(22(4)11-14(13)2)21-15(3)20-17(12-23(21)5)16-8-6-7-9-18(16)24-20/h6-12H,1-5H3/q+1/i2D3. The Morgan fingerprint density at radius 2 is 2.00 bits per heavy atom. The van der Waals surface area contributed by atoms with Crippen LogP contribution in [-0.4, -0.2) is 18.7 Å². The first-order valence-electron chi connectivity index (χ1n) is 9.61. The minimum absolute atomic E-state index is 0.0209. The van der Waals surface area contributed by atoms with E-state index in [9.17, 15) is 0 Å². The van der Waals surface area contributed by atoms with Crippen LogP contribution in [0.2, 0.25) is 0 Å². The number of aromatic nitrogens is 1. The highest BCUT2D eigenvalue weighted by atomic mass is 16.3. The molecule has 4 rings (SSSR count). The Morgan fingerprint density at radius 3 is 2.79 bits per heavy atom. The zero-order valence-corrected chi connectivity index (χ0v) is 14.4. The molecule has 3 aromatic rings. The largest absolute Gasteiger partial charge is 0.457 e. The van der Waals surface area contributed by atoms with Crippen molar-refractivity contribution in [1.29, 1.82) is 0 Å². The molecular formula is C20H22BN2O+. The van der Waals surface area contributed by atoms with Gasteiger partial charge in [-0.15, -0.1) is 0 Å². The average molecular weight is 320 g/mol. The van der Waals surface area contributed by atoms with E-state index in [1.165, 1.54) is 0 Å². The Morgan fingerprint density at radius 1 is 1.21 bits per heavy atom. The van der Waals surface area contributed by atoms with Gasteiger partial charge in [-0.25, -0.2) is 4.57 Å². The van der Waals surface area contributed by atoms with Gasteiger partial charge in [-0.2, -0.15) is 0 Å². The Kier molecular flexibility index (Phi) is 2.62. The Balaban J connectivity index is 1.94. The third-order valence-corrected chi connectivity index (χ3v) is 4.94. The van der Waals surface area contributed by atoms with Crippen LogP contribution in [0.25, 0.3) is 22.6 Å². The summed E-state index contributed by atoms with van der Waals surface area (Å²) in [5.74, 6) is 0. The smallest absolute Gasteiger partial charge is 0.402 e. The first kappa shape index (κ1) is 12.0. The van der Waals surface area contributed by atoms with Crippen LogP contribution in [-0.2, 0) is 7.05 Å². The van der Waals surface area contributed by atoms with Gasteiger partial charge in [0.05, 0.1) is 0 Å². The predicted molar refractivity (Wildman–Crippen MR) is 99.3 cm³/mol. The van der Waals surface area contributed by atoms with Crippen molar-refractivity contribution in [2.75, 3.05) is 7.05 Å². The molecule has 4 heteroatoms. The molecule has 0 saturated carbocycles. The van der Waals surface area contributed by atoms with Crippen LogP contribution < -0.4 is 20.8 Å². The van der Waals surface area contributed by atoms with Crippen molar-refractivity contribution in [2.24, 2.45) is 7.05 Å². The zero-order valence-electron chi connectivity index (χ0n) is 17.4. The van der Waals surface area contributed by atoms with Crippen LogP contribution in [0.3, 0.4) is 0 Å². The van der Waals surface area contributed by atoms with Gasteiger partial charge >= 0.3 is 6.85 Å². The number of rotatable bonds is 1. The Labute approximate surface area is 146 Å².